The van der Waals surface area contributed by atoms with Crippen LogP contribution in [0.1, 0.15) is 27.4 Å². The van der Waals surface area contributed by atoms with Gasteiger partial charge in [0.05, 0.1) is 16.6 Å². The number of rotatable bonds is 3. The summed E-state index contributed by atoms with van der Waals surface area (Å²) in [6, 6.07) is 6.54. The first-order valence-corrected chi connectivity index (χ1v) is 6.66. The summed E-state index contributed by atoms with van der Waals surface area (Å²) in [6.45, 7) is 4.26. The standard InChI is InChI=1S/C13H14ClNS/c1-9-3-4-10(2)11(5-9)6-13-15-12(7-14)8-16-13/h3-5,8H,6-7H2,1-2H3. The second-order valence-electron chi connectivity index (χ2n) is 3.97. The van der Waals surface area contributed by atoms with E-state index in [1.165, 1.54) is 16.7 Å². The predicted molar refractivity (Wildman–Crippen MR) is 70.4 cm³/mol. The van der Waals surface area contributed by atoms with Gasteiger partial charge in [0.1, 0.15) is 0 Å². The molecule has 1 heterocycles. The fraction of sp³-hybridized carbons (Fsp3) is 0.308. The zero-order valence-corrected chi connectivity index (χ0v) is 11.0. The molecule has 0 bridgehead atoms. The van der Waals surface area contributed by atoms with Crippen LogP contribution in [-0.2, 0) is 12.3 Å². The summed E-state index contributed by atoms with van der Waals surface area (Å²) in [5, 5.41) is 3.18. The van der Waals surface area contributed by atoms with Crippen LogP contribution in [0, 0.1) is 13.8 Å². The molecule has 84 valence electrons. The summed E-state index contributed by atoms with van der Waals surface area (Å²) in [5.74, 6) is 0.503. The van der Waals surface area contributed by atoms with Gasteiger partial charge in [0.2, 0.25) is 0 Å². The first-order chi connectivity index (χ1) is 7.69. The molecule has 16 heavy (non-hydrogen) atoms. The minimum atomic E-state index is 0.503. The Morgan fingerprint density at radius 1 is 1.31 bits per heavy atom. The predicted octanol–water partition coefficient (Wildman–Crippen LogP) is 4.09. The van der Waals surface area contributed by atoms with Gasteiger partial charge in [-0.3, -0.25) is 0 Å². The van der Waals surface area contributed by atoms with Gasteiger partial charge in [0.15, 0.2) is 0 Å². The van der Waals surface area contributed by atoms with Crippen molar-refractivity contribution in [2.24, 2.45) is 0 Å². The van der Waals surface area contributed by atoms with E-state index in [1.807, 2.05) is 5.38 Å². The van der Waals surface area contributed by atoms with Gasteiger partial charge < -0.3 is 0 Å². The lowest BCUT2D eigenvalue weighted by molar-refractivity contribution is 1.07. The number of halogens is 1. The van der Waals surface area contributed by atoms with E-state index in [0.717, 1.165) is 17.1 Å². The summed E-state index contributed by atoms with van der Waals surface area (Å²) in [4.78, 5) is 4.48. The minimum absolute atomic E-state index is 0.503. The van der Waals surface area contributed by atoms with E-state index in [9.17, 15) is 0 Å². The van der Waals surface area contributed by atoms with Gasteiger partial charge in [0.25, 0.3) is 0 Å². The van der Waals surface area contributed by atoms with Crippen molar-refractivity contribution >= 4 is 22.9 Å². The van der Waals surface area contributed by atoms with Crippen LogP contribution in [0.5, 0.6) is 0 Å². The zero-order valence-electron chi connectivity index (χ0n) is 9.46. The fourth-order valence-corrected chi connectivity index (χ4v) is 2.69. The summed E-state index contributed by atoms with van der Waals surface area (Å²) < 4.78 is 0. The van der Waals surface area contributed by atoms with Crippen molar-refractivity contribution in [3.63, 3.8) is 0 Å². The number of aryl methyl sites for hydroxylation is 2. The molecule has 0 radical (unpaired) electrons. The lowest BCUT2D eigenvalue weighted by atomic mass is 10.0. The van der Waals surface area contributed by atoms with Gasteiger partial charge in [0, 0.05) is 11.8 Å². The quantitative estimate of drug-likeness (QED) is 0.749. The highest BCUT2D eigenvalue weighted by Gasteiger charge is 2.05. The lowest BCUT2D eigenvalue weighted by Gasteiger charge is -2.04. The Labute approximate surface area is 105 Å². The number of nitrogens with zero attached hydrogens (tertiary/aromatic N) is 1. The van der Waals surface area contributed by atoms with Crippen molar-refractivity contribution < 1.29 is 0 Å². The van der Waals surface area contributed by atoms with Crippen molar-refractivity contribution in [3.05, 3.63) is 51.0 Å². The molecule has 0 saturated carbocycles. The summed E-state index contributed by atoms with van der Waals surface area (Å²) in [6.07, 6.45) is 0.912. The molecular weight excluding hydrogens is 238 g/mol. The topological polar surface area (TPSA) is 12.9 Å². The summed E-state index contributed by atoms with van der Waals surface area (Å²) >= 11 is 7.43. The highest BCUT2D eigenvalue weighted by molar-refractivity contribution is 7.09. The molecule has 0 aliphatic heterocycles. The Morgan fingerprint density at radius 3 is 2.81 bits per heavy atom. The smallest absolute Gasteiger partial charge is 0.0972 e. The van der Waals surface area contributed by atoms with E-state index < -0.39 is 0 Å². The van der Waals surface area contributed by atoms with Gasteiger partial charge in [-0.25, -0.2) is 4.98 Å². The molecule has 0 aliphatic carbocycles. The first kappa shape index (κ1) is 11.6. The zero-order chi connectivity index (χ0) is 11.5. The normalized spacial score (nSPS) is 10.7. The van der Waals surface area contributed by atoms with Crippen LogP contribution in [0.2, 0.25) is 0 Å². The number of hydrogen-bond donors (Lipinski definition) is 0. The van der Waals surface area contributed by atoms with Crippen molar-refractivity contribution in [2.45, 2.75) is 26.1 Å². The molecular formula is C13H14ClNS. The molecule has 0 aliphatic rings. The number of benzene rings is 1. The number of alkyl halides is 1. The average molecular weight is 252 g/mol. The Morgan fingerprint density at radius 2 is 2.12 bits per heavy atom. The van der Waals surface area contributed by atoms with Crippen LogP contribution in [-0.4, -0.2) is 4.98 Å². The van der Waals surface area contributed by atoms with E-state index in [1.54, 1.807) is 11.3 Å². The van der Waals surface area contributed by atoms with E-state index in [0.29, 0.717) is 5.88 Å². The molecule has 0 N–H and O–H groups in total. The third-order valence-electron chi connectivity index (χ3n) is 2.58. The number of thiazole rings is 1. The maximum absolute atomic E-state index is 5.74. The van der Waals surface area contributed by atoms with E-state index >= 15 is 0 Å². The summed E-state index contributed by atoms with van der Waals surface area (Å²) in [5.41, 5.74) is 4.96. The van der Waals surface area contributed by atoms with E-state index in [2.05, 4.69) is 37.0 Å². The van der Waals surface area contributed by atoms with Gasteiger partial charge in [-0.2, -0.15) is 0 Å². The average Bonchev–Trinajstić information content (AvgIpc) is 2.71. The molecule has 0 amide bonds. The van der Waals surface area contributed by atoms with Gasteiger partial charge in [-0.1, -0.05) is 23.8 Å². The molecule has 0 atom stereocenters. The second kappa shape index (κ2) is 4.98. The number of aromatic nitrogens is 1. The Kier molecular flexibility index (Phi) is 3.62. The molecule has 1 aromatic carbocycles. The second-order valence-corrected chi connectivity index (χ2v) is 5.18. The van der Waals surface area contributed by atoms with Gasteiger partial charge >= 0.3 is 0 Å². The third-order valence-corrected chi connectivity index (χ3v) is 3.75. The van der Waals surface area contributed by atoms with Gasteiger partial charge in [-0.05, 0) is 25.0 Å². The molecule has 1 nitrogen and oxygen atoms in total. The highest BCUT2D eigenvalue weighted by Crippen LogP contribution is 2.19. The first-order valence-electron chi connectivity index (χ1n) is 5.24. The molecule has 0 spiro atoms. The molecule has 0 unspecified atom stereocenters. The van der Waals surface area contributed by atoms with Crippen LogP contribution >= 0.6 is 22.9 Å². The lowest BCUT2D eigenvalue weighted by Crippen LogP contribution is -1.92. The van der Waals surface area contributed by atoms with Crippen LogP contribution < -0.4 is 0 Å². The third kappa shape index (κ3) is 2.63. The largest absolute Gasteiger partial charge is 0.245 e. The SMILES string of the molecule is Cc1ccc(C)c(Cc2nc(CCl)cs2)c1. The van der Waals surface area contributed by atoms with Crippen LogP contribution in [0.3, 0.4) is 0 Å². The molecule has 2 aromatic rings. The minimum Gasteiger partial charge on any atom is -0.245 e. The molecule has 0 saturated heterocycles. The molecule has 0 fully saturated rings. The van der Waals surface area contributed by atoms with E-state index in [4.69, 9.17) is 11.6 Å². The maximum atomic E-state index is 5.74. The van der Waals surface area contributed by atoms with Crippen LogP contribution in [0.15, 0.2) is 23.6 Å². The van der Waals surface area contributed by atoms with Crippen molar-refractivity contribution in [1.29, 1.82) is 0 Å². The van der Waals surface area contributed by atoms with Crippen molar-refractivity contribution in [1.82, 2.24) is 4.98 Å². The monoisotopic (exact) mass is 251 g/mol. The fourth-order valence-electron chi connectivity index (χ4n) is 1.65. The van der Waals surface area contributed by atoms with Gasteiger partial charge in [-0.15, -0.1) is 22.9 Å². The maximum Gasteiger partial charge on any atom is 0.0972 e. The Hall–Kier alpha value is -0.860. The van der Waals surface area contributed by atoms with E-state index in [-0.39, 0.29) is 0 Å². The van der Waals surface area contributed by atoms with Crippen LogP contribution in [0.25, 0.3) is 0 Å². The molecule has 2 rings (SSSR count). The molecule has 3 heteroatoms. The Balaban J connectivity index is 2.22. The Bertz CT molecular complexity index is 490. The highest BCUT2D eigenvalue weighted by atomic mass is 35.5. The van der Waals surface area contributed by atoms with Crippen molar-refractivity contribution in [2.75, 3.05) is 0 Å². The summed E-state index contributed by atoms with van der Waals surface area (Å²) in [7, 11) is 0. The van der Waals surface area contributed by atoms with Crippen LogP contribution in [0.4, 0.5) is 0 Å². The van der Waals surface area contributed by atoms with Crippen molar-refractivity contribution in [3.8, 4) is 0 Å². The number of hydrogen-bond acceptors (Lipinski definition) is 2. The molecule has 1 aromatic heterocycles.